The van der Waals surface area contributed by atoms with Crippen molar-refractivity contribution in [3.63, 3.8) is 0 Å². The van der Waals surface area contributed by atoms with Crippen molar-refractivity contribution in [3.8, 4) is 10.6 Å². The molecule has 0 aliphatic carbocycles. The second-order valence-corrected chi connectivity index (χ2v) is 5.03. The summed E-state index contributed by atoms with van der Waals surface area (Å²) in [7, 11) is 0. The largest absolute Gasteiger partial charge is 0.256 e. The molecule has 0 N–H and O–H groups in total. The zero-order valence-corrected chi connectivity index (χ0v) is 10.6. The summed E-state index contributed by atoms with van der Waals surface area (Å²) in [6, 6.07) is 10.2. The fourth-order valence-corrected chi connectivity index (χ4v) is 2.93. The topological polar surface area (TPSA) is 25.8 Å². The Morgan fingerprint density at radius 2 is 2.00 bits per heavy atom. The van der Waals surface area contributed by atoms with Crippen LogP contribution in [0.15, 0.2) is 46.5 Å². The van der Waals surface area contributed by atoms with Crippen molar-refractivity contribution in [2.24, 2.45) is 0 Å². The monoisotopic (exact) mass is 290 g/mol. The lowest BCUT2D eigenvalue weighted by Crippen LogP contribution is -1.83. The van der Waals surface area contributed by atoms with Crippen LogP contribution in [-0.2, 0) is 0 Å². The number of fused-ring (bicyclic) bond motifs is 1. The highest BCUT2D eigenvalue weighted by molar-refractivity contribution is 9.10. The molecule has 0 aliphatic rings. The second-order valence-electron chi connectivity index (χ2n) is 3.36. The maximum atomic E-state index is 4.43. The molecule has 0 amide bonds. The van der Waals surface area contributed by atoms with E-state index in [-0.39, 0.29) is 0 Å². The van der Waals surface area contributed by atoms with Crippen molar-refractivity contribution in [1.29, 1.82) is 0 Å². The molecule has 0 fully saturated rings. The van der Waals surface area contributed by atoms with Crippen LogP contribution in [-0.4, -0.2) is 9.97 Å². The van der Waals surface area contributed by atoms with Gasteiger partial charge in [-0.15, -0.1) is 11.3 Å². The smallest absolute Gasteiger partial charge is 0.126 e. The lowest BCUT2D eigenvalue weighted by molar-refractivity contribution is 1.35. The third-order valence-corrected chi connectivity index (χ3v) is 3.92. The first-order valence-electron chi connectivity index (χ1n) is 4.80. The molecule has 16 heavy (non-hydrogen) atoms. The van der Waals surface area contributed by atoms with E-state index in [1.165, 1.54) is 0 Å². The molecular formula is C12H7BrN2S. The predicted molar refractivity (Wildman–Crippen MR) is 70.6 cm³/mol. The number of pyridine rings is 1. The number of hydrogen-bond donors (Lipinski definition) is 0. The Bertz CT molecular complexity index is 643. The van der Waals surface area contributed by atoms with Gasteiger partial charge in [0, 0.05) is 22.5 Å². The molecule has 3 rings (SSSR count). The third kappa shape index (κ3) is 1.64. The molecule has 0 radical (unpaired) electrons. The fraction of sp³-hybridized carbons (Fsp3) is 0. The zero-order valence-electron chi connectivity index (χ0n) is 8.22. The van der Waals surface area contributed by atoms with E-state index >= 15 is 0 Å². The SMILES string of the molecule is Brc1csc(-c2cccc3cccnc23)n1. The van der Waals surface area contributed by atoms with Crippen LogP contribution >= 0.6 is 27.3 Å². The number of aromatic nitrogens is 2. The van der Waals surface area contributed by atoms with E-state index in [0.717, 1.165) is 26.1 Å². The molecule has 2 heterocycles. The molecule has 4 heteroatoms. The van der Waals surface area contributed by atoms with Crippen LogP contribution in [0.4, 0.5) is 0 Å². The molecule has 0 spiro atoms. The van der Waals surface area contributed by atoms with Gasteiger partial charge >= 0.3 is 0 Å². The minimum atomic E-state index is 0.875. The highest BCUT2D eigenvalue weighted by atomic mass is 79.9. The van der Waals surface area contributed by atoms with E-state index in [9.17, 15) is 0 Å². The van der Waals surface area contributed by atoms with Crippen LogP contribution in [0.25, 0.3) is 21.5 Å². The Kier molecular flexibility index (Phi) is 2.46. The van der Waals surface area contributed by atoms with E-state index in [0.29, 0.717) is 0 Å². The Balaban J connectivity index is 2.31. The Morgan fingerprint density at radius 3 is 2.81 bits per heavy atom. The maximum Gasteiger partial charge on any atom is 0.126 e. The van der Waals surface area contributed by atoms with Gasteiger partial charge in [0.2, 0.25) is 0 Å². The van der Waals surface area contributed by atoms with Crippen LogP contribution in [0.1, 0.15) is 0 Å². The van der Waals surface area contributed by atoms with Gasteiger partial charge in [0.05, 0.1) is 5.52 Å². The normalized spacial score (nSPS) is 10.8. The highest BCUT2D eigenvalue weighted by Crippen LogP contribution is 2.30. The number of halogens is 1. The standard InChI is InChI=1S/C12H7BrN2S/c13-10-7-16-12(15-10)9-5-1-3-8-4-2-6-14-11(8)9/h1-7H. The number of rotatable bonds is 1. The van der Waals surface area contributed by atoms with Gasteiger partial charge < -0.3 is 0 Å². The van der Waals surface area contributed by atoms with Crippen molar-refractivity contribution >= 4 is 38.2 Å². The molecule has 0 aliphatic heterocycles. The molecule has 0 atom stereocenters. The zero-order chi connectivity index (χ0) is 11.0. The molecule has 3 aromatic rings. The van der Waals surface area contributed by atoms with E-state index < -0.39 is 0 Å². The van der Waals surface area contributed by atoms with Gasteiger partial charge in [-0.1, -0.05) is 18.2 Å². The Labute approximate surface area is 105 Å². The summed E-state index contributed by atoms with van der Waals surface area (Å²) >= 11 is 4.99. The van der Waals surface area contributed by atoms with E-state index in [1.54, 1.807) is 11.3 Å². The number of hydrogen-bond acceptors (Lipinski definition) is 3. The first-order chi connectivity index (χ1) is 7.84. The fourth-order valence-electron chi connectivity index (χ4n) is 1.65. The summed E-state index contributed by atoms with van der Waals surface area (Å²) < 4.78 is 0.875. The lowest BCUT2D eigenvalue weighted by Gasteiger charge is -2.01. The van der Waals surface area contributed by atoms with Crippen molar-refractivity contribution in [2.45, 2.75) is 0 Å². The van der Waals surface area contributed by atoms with Crippen LogP contribution in [0.2, 0.25) is 0 Å². The summed E-state index contributed by atoms with van der Waals surface area (Å²) in [5.74, 6) is 0. The summed E-state index contributed by atoms with van der Waals surface area (Å²) in [4.78, 5) is 8.84. The first-order valence-corrected chi connectivity index (χ1v) is 6.47. The molecule has 0 unspecified atom stereocenters. The van der Waals surface area contributed by atoms with Gasteiger partial charge in [-0.05, 0) is 28.1 Å². The maximum absolute atomic E-state index is 4.43. The van der Waals surface area contributed by atoms with Crippen LogP contribution in [0, 0.1) is 0 Å². The third-order valence-electron chi connectivity index (χ3n) is 2.34. The average Bonchev–Trinajstić information content (AvgIpc) is 2.75. The molecule has 2 aromatic heterocycles. The number of thiazole rings is 1. The van der Waals surface area contributed by atoms with E-state index in [2.05, 4.69) is 44.1 Å². The second kappa shape index (κ2) is 3.96. The summed E-state index contributed by atoms with van der Waals surface area (Å²) in [5, 5.41) is 4.12. The van der Waals surface area contributed by atoms with Crippen molar-refractivity contribution in [3.05, 3.63) is 46.5 Å². The number of benzene rings is 1. The van der Waals surface area contributed by atoms with E-state index in [1.807, 2.05) is 23.7 Å². The van der Waals surface area contributed by atoms with Crippen molar-refractivity contribution < 1.29 is 0 Å². The van der Waals surface area contributed by atoms with Crippen LogP contribution in [0.3, 0.4) is 0 Å². The quantitative estimate of drug-likeness (QED) is 0.674. The van der Waals surface area contributed by atoms with Gasteiger partial charge in [-0.3, -0.25) is 4.98 Å². The van der Waals surface area contributed by atoms with E-state index in [4.69, 9.17) is 0 Å². The molecule has 2 nitrogen and oxygen atoms in total. The van der Waals surface area contributed by atoms with Gasteiger partial charge in [-0.25, -0.2) is 4.98 Å². The van der Waals surface area contributed by atoms with Crippen molar-refractivity contribution in [1.82, 2.24) is 9.97 Å². The lowest BCUT2D eigenvalue weighted by atomic mass is 10.1. The summed E-state index contributed by atoms with van der Waals surface area (Å²) in [6.07, 6.45) is 1.81. The average molecular weight is 291 g/mol. The Hall–Kier alpha value is -1.26. The summed E-state index contributed by atoms with van der Waals surface area (Å²) in [5.41, 5.74) is 2.10. The van der Waals surface area contributed by atoms with Crippen molar-refractivity contribution in [2.75, 3.05) is 0 Å². The van der Waals surface area contributed by atoms with Crippen LogP contribution < -0.4 is 0 Å². The summed E-state index contributed by atoms with van der Waals surface area (Å²) in [6.45, 7) is 0. The molecule has 0 bridgehead atoms. The minimum absolute atomic E-state index is 0.875. The van der Waals surface area contributed by atoms with Gasteiger partial charge in [0.15, 0.2) is 0 Å². The number of nitrogens with zero attached hydrogens (tertiary/aromatic N) is 2. The van der Waals surface area contributed by atoms with Gasteiger partial charge in [-0.2, -0.15) is 0 Å². The minimum Gasteiger partial charge on any atom is -0.256 e. The molecule has 0 saturated heterocycles. The van der Waals surface area contributed by atoms with Gasteiger partial charge in [0.1, 0.15) is 9.61 Å². The predicted octanol–water partition coefficient (Wildman–Crippen LogP) is 4.12. The number of para-hydroxylation sites is 1. The molecular weight excluding hydrogens is 284 g/mol. The Morgan fingerprint density at radius 1 is 1.12 bits per heavy atom. The molecule has 0 saturated carbocycles. The first kappa shape index (κ1) is 9.93. The van der Waals surface area contributed by atoms with Crippen LogP contribution in [0.5, 0.6) is 0 Å². The molecule has 1 aromatic carbocycles. The highest BCUT2D eigenvalue weighted by Gasteiger charge is 2.07. The molecule has 78 valence electrons. The van der Waals surface area contributed by atoms with Gasteiger partial charge in [0.25, 0.3) is 0 Å².